The summed E-state index contributed by atoms with van der Waals surface area (Å²) in [4.78, 5) is 0. The molecule has 5 N–H and O–H groups in total. The van der Waals surface area contributed by atoms with Crippen molar-refractivity contribution < 1.29 is 0 Å². The molecule has 1 unspecified atom stereocenters. The molecule has 0 aromatic heterocycles. The molecule has 0 radical (unpaired) electrons. The fraction of sp³-hybridized carbons (Fsp3) is 0.889. The summed E-state index contributed by atoms with van der Waals surface area (Å²) in [7, 11) is 0. The molecule has 0 fully saturated rings. The van der Waals surface area contributed by atoms with Gasteiger partial charge >= 0.3 is 0 Å². The van der Waals surface area contributed by atoms with E-state index >= 15 is 0 Å². The first-order valence-electron chi connectivity index (χ1n) is 4.71. The Hall–Kier alpha value is -0.570. The maximum atomic E-state index is 7.00. The molecule has 1 atom stereocenters. The molecule has 0 aliphatic rings. The van der Waals surface area contributed by atoms with E-state index in [0.717, 1.165) is 19.3 Å². The number of rotatable bonds is 7. The third-order valence-electron chi connectivity index (χ3n) is 1.86. The summed E-state index contributed by atoms with van der Waals surface area (Å²) in [6.45, 7) is 2.04. The van der Waals surface area contributed by atoms with E-state index in [-0.39, 0.29) is 0 Å². The van der Waals surface area contributed by atoms with E-state index in [4.69, 9.17) is 16.9 Å². The summed E-state index contributed by atoms with van der Waals surface area (Å²) in [6.07, 6.45) is 6.50. The number of nitrogens with one attached hydrogen (secondary N) is 1. The molecule has 0 amide bonds. The number of hydrogen-bond acceptors (Lipinski definition) is 2. The minimum atomic E-state index is 0.308. The predicted molar refractivity (Wildman–Crippen MR) is 53.3 cm³/mol. The van der Waals surface area contributed by atoms with Crippen LogP contribution in [0, 0.1) is 5.41 Å². The molecule has 0 saturated carbocycles. The molecule has 3 heteroatoms. The zero-order valence-electron chi connectivity index (χ0n) is 7.97. The van der Waals surface area contributed by atoms with Crippen LogP contribution < -0.4 is 11.5 Å². The SMILES string of the molecule is CC(N)CCCCCCC(=N)N. The van der Waals surface area contributed by atoms with Crippen LogP contribution >= 0.6 is 0 Å². The normalized spacial score (nSPS) is 12.8. The topological polar surface area (TPSA) is 75.9 Å². The molecule has 0 bridgehead atoms. The lowest BCUT2D eigenvalue weighted by Gasteiger charge is -2.03. The van der Waals surface area contributed by atoms with Gasteiger partial charge in [-0.1, -0.05) is 19.3 Å². The van der Waals surface area contributed by atoms with Crippen molar-refractivity contribution in [2.24, 2.45) is 11.5 Å². The maximum Gasteiger partial charge on any atom is 0.0905 e. The van der Waals surface area contributed by atoms with Gasteiger partial charge in [0.15, 0.2) is 0 Å². The van der Waals surface area contributed by atoms with Gasteiger partial charge in [-0.2, -0.15) is 0 Å². The fourth-order valence-corrected chi connectivity index (χ4v) is 1.14. The van der Waals surface area contributed by atoms with Gasteiger partial charge in [0, 0.05) is 12.5 Å². The fourth-order valence-electron chi connectivity index (χ4n) is 1.14. The van der Waals surface area contributed by atoms with Crippen LogP contribution in [0.5, 0.6) is 0 Å². The number of nitrogens with two attached hydrogens (primary N) is 2. The van der Waals surface area contributed by atoms with Gasteiger partial charge in [0.05, 0.1) is 5.84 Å². The molecule has 72 valence electrons. The number of amidine groups is 1. The molecular weight excluding hydrogens is 150 g/mol. The van der Waals surface area contributed by atoms with Crippen molar-refractivity contribution in [1.82, 2.24) is 0 Å². The lowest BCUT2D eigenvalue weighted by Crippen LogP contribution is -2.14. The molecule has 0 rings (SSSR count). The monoisotopic (exact) mass is 171 g/mol. The van der Waals surface area contributed by atoms with Gasteiger partial charge in [-0.3, -0.25) is 5.41 Å². The van der Waals surface area contributed by atoms with Crippen molar-refractivity contribution in [2.75, 3.05) is 0 Å². The van der Waals surface area contributed by atoms with Crippen molar-refractivity contribution >= 4 is 5.84 Å². The zero-order chi connectivity index (χ0) is 9.40. The van der Waals surface area contributed by atoms with Gasteiger partial charge in [-0.05, 0) is 19.8 Å². The highest BCUT2D eigenvalue weighted by Gasteiger charge is 1.95. The molecule has 0 saturated heterocycles. The molecule has 3 nitrogen and oxygen atoms in total. The van der Waals surface area contributed by atoms with Crippen LogP contribution in [0.15, 0.2) is 0 Å². The van der Waals surface area contributed by atoms with Crippen molar-refractivity contribution in [3.8, 4) is 0 Å². The summed E-state index contributed by atoms with van der Waals surface area (Å²) < 4.78 is 0. The molecule has 0 aliphatic carbocycles. The van der Waals surface area contributed by atoms with Crippen molar-refractivity contribution in [2.45, 2.75) is 51.5 Å². The largest absolute Gasteiger partial charge is 0.388 e. The van der Waals surface area contributed by atoms with Crippen LogP contribution in [-0.4, -0.2) is 11.9 Å². The second kappa shape index (κ2) is 7.10. The Morgan fingerprint density at radius 1 is 1.25 bits per heavy atom. The highest BCUT2D eigenvalue weighted by Crippen LogP contribution is 2.05. The quantitative estimate of drug-likeness (QED) is 0.309. The van der Waals surface area contributed by atoms with Crippen molar-refractivity contribution in [3.05, 3.63) is 0 Å². The summed E-state index contributed by atoms with van der Waals surface area (Å²) in [6, 6.07) is 0.331. The molecule has 0 spiro atoms. The first-order valence-corrected chi connectivity index (χ1v) is 4.71. The van der Waals surface area contributed by atoms with Crippen LogP contribution in [0.25, 0.3) is 0 Å². The Labute approximate surface area is 75.0 Å². The molecule has 12 heavy (non-hydrogen) atoms. The molecule has 0 aromatic carbocycles. The van der Waals surface area contributed by atoms with Crippen molar-refractivity contribution in [3.63, 3.8) is 0 Å². The zero-order valence-corrected chi connectivity index (χ0v) is 7.97. The Morgan fingerprint density at radius 3 is 2.33 bits per heavy atom. The Bertz CT molecular complexity index is 121. The molecule has 0 aromatic rings. The van der Waals surface area contributed by atoms with Gasteiger partial charge in [0.2, 0.25) is 0 Å². The van der Waals surface area contributed by atoms with Crippen LogP contribution in [-0.2, 0) is 0 Å². The summed E-state index contributed by atoms with van der Waals surface area (Å²) >= 11 is 0. The van der Waals surface area contributed by atoms with E-state index in [2.05, 4.69) is 0 Å². The van der Waals surface area contributed by atoms with E-state index in [1.165, 1.54) is 19.3 Å². The van der Waals surface area contributed by atoms with E-state index in [9.17, 15) is 0 Å². The first kappa shape index (κ1) is 11.4. The Kier molecular flexibility index (Phi) is 6.76. The van der Waals surface area contributed by atoms with Gasteiger partial charge in [0.1, 0.15) is 0 Å². The second-order valence-corrected chi connectivity index (χ2v) is 3.46. The van der Waals surface area contributed by atoms with E-state index in [1.807, 2.05) is 6.92 Å². The smallest absolute Gasteiger partial charge is 0.0905 e. The van der Waals surface area contributed by atoms with Gasteiger partial charge in [-0.15, -0.1) is 0 Å². The third-order valence-corrected chi connectivity index (χ3v) is 1.86. The van der Waals surface area contributed by atoms with Crippen LogP contribution in [0.2, 0.25) is 0 Å². The molecular formula is C9H21N3. The van der Waals surface area contributed by atoms with Crippen LogP contribution in [0.1, 0.15) is 45.4 Å². The summed E-state index contributed by atoms with van der Waals surface area (Å²) in [5.41, 5.74) is 10.8. The first-order chi connectivity index (χ1) is 5.63. The van der Waals surface area contributed by atoms with Gasteiger partial charge < -0.3 is 11.5 Å². The molecule has 0 aliphatic heterocycles. The van der Waals surface area contributed by atoms with Crippen molar-refractivity contribution in [1.29, 1.82) is 5.41 Å². The standard InChI is InChI=1S/C9H21N3/c1-8(10)6-4-2-3-5-7-9(11)12/h8H,2-7,10H2,1H3,(H3,11,12). The number of hydrogen-bond donors (Lipinski definition) is 3. The summed E-state index contributed by atoms with van der Waals surface area (Å²) in [5.74, 6) is 0.308. The molecule has 0 heterocycles. The van der Waals surface area contributed by atoms with Gasteiger partial charge in [-0.25, -0.2) is 0 Å². The average Bonchev–Trinajstić information content (AvgIpc) is 1.95. The lowest BCUT2D eigenvalue weighted by molar-refractivity contribution is 0.570. The van der Waals surface area contributed by atoms with E-state index in [1.54, 1.807) is 0 Å². The summed E-state index contributed by atoms with van der Waals surface area (Å²) in [5, 5.41) is 7.00. The highest BCUT2D eigenvalue weighted by molar-refractivity contribution is 5.76. The van der Waals surface area contributed by atoms with Gasteiger partial charge in [0.25, 0.3) is 0 Å². The third kappa shape index (κ3) is 9.43. The van der Waals surface area contributed by atoms with Crippen LogP contribution in [0.3, 0.4) is 0 Å². The maximum absolute atomic E-state index is 7.00. The minimum absolute atomic E-state index is 0.308. The second-order valence-electron chi connectivity index (χ2n) is 3.46. The Morgan fingerprint density at radius 2 is 1.83 bits per heavy atom. The number of unbranched alkanes of at least 4 members (excludes halogenated alkanes) is 3. The van der Waals surface area contributed by atoms with E-state index < -0.39 is 0 Å². The average molecular weight is 171 g/mol. The predicted octanol–water partition coefficient (Wildman–Crippen LogP) is 1.61. The highest BCUT2D eigenvalue weighted by atomic mass is 14.7. The lowest BCUT2D eigenvalue weighted by atomic mass is 10.1. The minimum Gasteiger partial charge on any atom is -0.388 e. The van der Waals surface area contributed by atoms with E-state index in [0.29, 0.717) is 11.9 Å². The van der Waals surface area contributed by atoms with Crippen LogP contribution in [0.4, 0.5) is 0 Å². The Balaban J connectivity index is 2.96.